The monoisotopic (exact) mass is 206 g/mol. The maximum absolute atomic E-state index is 9.87. The molecule has 0 unspecified atom stereocenters. The Balaban J connectivity index is 0.000000187. The first-order valence-corrected chi connectivity index (χ1v) is 4.13. The molecule has 0 spiro atoms. The van der Waals surface area contributed by atoms with Gasteiger partial charge in [0.2, 0.25) is 0 Å². The molecule has 2 aromatic rings. The quantitative estimate of drug-likeness (QED) is 0.519. The molecule has 0 saturated carbocycles. The van der Waals surface area contributed by atoms with E-state index in [2.05, 4.69) is 15.1 Å². The highest BCUT2D eigenvalue weighted by atomic mass is 16.5. The number of imidazole rings is 1. The molecular weight excluding hydrogens is 196 g/mol. The number of rotatable bonds is 2. The predicted molar refractivity (Wildman–Crippen MR) is 55.9 cm³/mol. The molecule has 1 aromatic heterocycles. The van der Waals surface area contributed by atoms with E-state index in [1.807, 2.05) is 5.48 Å². The minimum Gasteiger partial charge on any atom is -0.351 e. The Labute approximate surface area is 85.9 Å². The maximum Gasteiger partial charge on any atom is 0.108 e. The van der Waals surface area contributed by atoms with E-state index in [1.54, 1.807) is 30.9 Å². The number of nitroso groups, excluding NO2 is 1. The van der Waals surface area contributed by atoms with Crippen molar-refractivity contribution in [2.45, 2.75) is 0 Å². The fraction of sp³-hybridized carbons (Fsp3) is 0. The topological polar surface area (TPSA) is 90.4 Å². The molecule has 15 heavy (non-hydrogen) atoms. The SMILES string of the molecule is O=Nc1ccc(NO)cc1.c1c[nH]cn1. The summed E-state index contributed by atoms with van der Waals surface area (Å²) in [5, 5.41) is 11.0. The molecular formula is C9H10N4O2. The van der Waals surface area contributed by atoms with Gasteiger partial charge in [0, 0.05) is 12.4 Å². The van der Waals surface area contributed by atoms with Gasteiger partial charge in [0.1, 0.15) is 5.69 Å². The van der Waals surface area contributed by atoms with Crippen LogP contribution in [0.15, 0.2) is 48.2 Å². The van der Waals surface area contributed by atoms with Crippen molar-refractivity contribution in [2.75, 3.05) is 5.48 Å². The van der Waals surface area contributed by atoms with Crippen LogP contribution >= 0.6 is 0 Å². The van der Waals surface area contributed by atoms with Crippen LogP contribution in [0, 0.1) is 4.91 Å². The zero-order valence-electron chi connectivity index (χ0n) is 7.79. The number of aromatic nitrogens is 2. The van der Waals surface area contributed by atoms with Crippen LogP contribution in [0.1, 0.15) is 0 Å². The van der Waals surface area contributed by atoms with Crippen molar-refractivity contribution in [3.63, 3.8) is 0 Å². The summed E-state index contributed by atoms with van der Waals surface area (Å²) in [7, 11) is 0. The fourth-order valence-corrected chi connectivity index (χ4v) is 0.812. The summed E-state index contributed by atoms with van der Waals surface area (Å²) < 4.78 is 0. The number of H-pyrrole nitrogens is 1. The number of aromatic amines is 1. The lowest BCUT2D eigenvalue weighted by molar-refractivity contribution is 0.389. The first-order valence-electron chi connectivity index (χ1n) is 4.13. The van der Waals surface area contributed by atoms with Gasteiger partial charge in [-0.05, 0) is 29.4 Å². The molecule has 6 nitrogen and oxygen atoms in total. The van der Waals surface area contributed by atoms with Crippen molar-refractivity contribution in [3.8, 4) is 0 Å². The molecule has 0 aliphatic heterocycles. The van der Waals surface area contributed by atoms with Crippen molar-refractivity contribution in [2.24, 2.45) is 5.18 Å². The third-order valence-electron chi connectivity index (χ3n) is 1.51. The van der Waals surface area contributed by atoms with Crippen LogP contribution in [-0.4, -0.2) is 15.2 Å². The lowest BCUT2D eigenvalue weighted by atomic mass is 10.3. The van der Waals surface area contributed by atoms with E-state index in [9.17, 15) is 4.91 Å². The van der Waals surface area contributed by atoms with Gasteiger partial charge < -0.3 is 4.98 Å². The molecule has 0 aliphatic rings. The normalized spacial score (nSPS) is 8.60. The second kappa shape index (κ2) is 6.28. The van der Waals surface area contributed by atoms with Crippen molar-refractivity contribution in [1.82, 2.24) is 9.97 Å². The highest BCUT2D eigenvalue weighted by molar-refractivity contribution is 5.49. The smallest absolute Gasteiger partial charge is 0.108 e. The summed E-state index contributed by atoms with van der Waals surface area (Å²) in [6.45, 7) is 0. The number of benzene rings is 1. The molecule has 6 heteroatoms. The van der Waals surface area contributed by atoms with Crippen LogP contribution in [0.2, 0.25) is 0 Å². The standard InChI is InChI=1S/C6H6N2O2.C3H4N2/c9-7-5-1-2-6(8-10)4-3-5;1-2-5-3-4-1/h1-4,7,9H;1-3H,(H,4,5). The molecule has 0 amide bonds. The Hall–Kier alpha value is -2.21. The number of nitrogens with zero attached hydrogens (tertiary/aromatic N) is 2. The third kappa shape index (κ3) is 4.01. The van der Waals surface area contributed by atoms with Gasteiger partial charge in [-0.2, -0.15) is 0 Å². The second-order valence-electron chi connectivity index (χ2n) is 2.51. The van der Waals surface area contributed by atoms with Gasteiger partial charge in [0.25, 0.3) is 0 Å². The summed E-state index contributed by atoms with van der Waals surface area (Å²) in [6, 6.07) is 6.12. The van der Waals surface area contributed by atoms with E-state index in [1.165, 1.54) is 12.1 Å². The summed E-state index contributed by atoms with van der Waals surface area (Å²) >= 11 is 0. The van der Waals surface area contributed by atoms with E-state index >= 15 is 0 Å². The summed E-state index contributed by atoms with van der Waals surface area (Å²) in [5.74, 6) is 0. The first-order chi connectivity index (χ1) is 7.36. The highest BCUT2D eigenvalue weighted by Crippen LogP contribution is 2.14. The Kier molecular flexibility index (Phi) is 4.55. The van der Waals surface area contributed by atoms with Gasteiger partial charge in [-0.15, -0.1) is 4.91 Å². The van der Waals surface area contributed by atoms with E-state index in [4.69, 9.17) is 5.21 Å². The molecule has 1 heterocycles. The Morgan fingerprint density at radius 3 is 2.40 bits per heavy atom. The Morgan fingerprint density at radius 2 is 2.07 bits per heavy atom. The van der Waals surface area contributed by atoms with Crippen molar-refractivity contribution < 1.29 is 5.21 Å². The largest absolute Gasteiger partial charge is 0.351 e. The molecule has 0 aliphatic carbocycles. The van der Waals surface area contributed by atoms with E-state index in [0.29, 0.717) is 11.4 Å². The van der Waals surface area contributed by atoms with Crippen LogP contribution in [0.5, 0.6) is 0 Å². The van der Waals surface area contributed by atoms with Crippen molar-refractivity contribution >= 4 is 11.4 Å². The molecule has 1 aromatic carbocycles. The number of nitrogens with one attached hydrogen (secondary N) is 2. The molecule has 0 fully saturated rings. The number of hydrogen-bond acceptors (Lipinski definition) is 5. The van der Waals surface area contributed by atoms with Gasteiger partial charge in [0.05, 0.1) is 12.0 Å². The zero-order valence-corrected chi connectivity index (χ0v) is 7.79. The van der Waals surface area contributed by atoms with Crippen molar-refractivity contribution in [3.05, 3.63) is 47.9 Å². The summed E-state index contributed by atoms with van der Waals surface area (Å²) in [5.41, 5.74) is 2.82. The second-order valence-corrected chi connectivity index (χ2v) is 2.51. The Bertz CT molecular complexity index is 354. The van der Waals surface area contributed by atoms with Gasteiger partial charge in [0.15, 0.2) is 0 Å². The summed E-state index contributed by atoms with van der Waals surface area (Å²) in [4.78, 5) is 16.3. The van der Waals surface area contributed by atoms with Gasteiger partial charge >= 0.3 is 0 Å². The van der Waals surface area contributed by atoms with Crippen LogP contribution in [-0.2, 0) is 0 Å². The molecule has 0 atom stereocenters. The minimum absolute atomic E-state index is 0.346. The van der Waals surface area contributed by atoms with Gasteiger partial charge in [-0.3, -0.25) is 10.7 Å². The van der Waals surface area contributed by atoms with E-state index < -0.39 is 0 Å². The van der Waals surface area contributed by atoms with Crippen LogP contribution in [0.4, 0.5) is 11.4 Å². The van der Waals surface area contributed by atoms with Crippen LogP contribution in [0.25, 0.3) is 0 Å². The van der Waals surface area contributed by atoms with E-state index in [-0.39, 0.29) is 0 Å². The number of anilines is 1. The highest BCUT2D eigenvalue weighted by Gasteiger charge is 1.89. The molecule has 0 bridgehead atoms. The fourth-order valence-electron chi connectivity index (χ4n) is 0.812. The third-order valence-corrected chi connectivity index (χ3v) is 1.51. The first kappa shape index (κ1) is 10.9. The predicted octanol–water partition coefficient (Wildman–Crippen LogP) is 2.30. The van der Waals surface area contributed by atoms with Crippen molar-refractivity contribution in [1.29, 1.82) is 0 Å². The lowest BCUT2D eigenvalue weighted by Gasteiger charge is -1.95. The lowest BCUT2D eigenvalue weighted by Crippen LogP contribution is -1.86. The number of hydrogen-bond donors (Lipinski definition) is 3. The minimum atomic E-state index is 0.346. The molecule has 0 saturated heterocycles. The zero-order chi connectivity index (χ0) is 10.9. The maximum atomic E-state index is 9.87. The van der Waals surface area contributed by atoms with Crippen LogP contribution < -0.4 is 5.48 Å². The van der Waals surface area contributed by atoms with E-state index in [0.717, 1.165) is 0 Å². The van der Waals surface area contributed by atoms with Crippen LogP contribution in [0.3, 0.4) is 0 Å². The Morgan fingerprint density at radius 1 is 1.33 bits per heavy atom. The molecule has 0 radical (unpaired) electrons. The molecule has 3 N–H and O–H groups in total. The van der Waals surface area contributed by atoms with Gasteiger partial charge in [-0.1, -0.05) is 0 Å². The average Bonchev–Trinajstić information content (AvgIpc) is 2.88. The average molecular weight is 206 g/mol. The summed E-state index contributed by atoms with van der Waals surface area (Å²) in [6.07, 6.45) is 5.08. The molecule has 2 rings (SSSR count). The molecule has 78 valence electrons. The van der Waals surface area contributed by atoms with Gasteiger partial charge in [-0.25, -0.2) is 4.98 Å².